The second-order valence-corrected chi connectivity index (χ2v) is 22.6. The lowest BCUT2D eigenvalue weighted by molar-refractivity contribution is 1.38. The normalized spacial score (nSPS) is 11.0. The van der Waals surface area contributed by atoms with Gasteiger partial charge in [-0.05, 0) is 299 Å². The van der Waals surface area contributed by atoms with E-state index in [-0.39, 0.29) is 0 Å². The number of aryl methyl sites for hydroxylation is 4. The average Bonchev–Trinajstić information content (AvgIpc) is 1.84. The van der Waals surface area contributed by atoms with Gasteiger partial charge in [0.1, 0.15) is 0 Å². The van der Waals surface area contributed by atoms with Crippen LogP contribution in [0.3, 0.4) is 0 Å². The molecular weight excluding hydrogens is 1040 g/mol. The Morgan fingerprint density at radius 2 is 0.349 bits per heavy atom. The van der Waals surface area contributed by atoms with Crippen LogP contribution >= 0.6 is 0 Å². The first-order chi connectivity index (χ1) is 42.1. The molecule has 0 fully saturated rings. The summed E-state index contributed by atoms with van der Waals surface area (Å²) in [5.41, 5.74) is 31.8. The van der Waals surface area contributed by atoms with Gasteiger partial charge in [-0.25, -0.2) is 0 Å². The van der Waals surface area contributed by atoms with Gasteiger partial charge in [0.25, 0.3) is 0 Å². The van der Waals surface area contributed by atoms with E-state index in [1.165, 1.54) is 33.4 Å². The van der Waals surface area contributed by atoms with E-state index in [1.54, 1.807) is 0 Å². The van der Waals surface area contributed by atoms with E-state index in [4.69, 9.17) is 0 Å². The summed E-state index contributed by atoms with van der Waals surface area (Å²) >= 11 is 0. The minimum atomic E-state index is 0.592. The van der Waals surface area contributed by atoms with Gasteiger partial charge in [0.15, 0.2) is 0 Å². The highest BCUT2D eigenvalue weighted by molar-refractivity contribution is 5.91. The Hall–Kier alpha value is -11.2. The van der Waals surface area contributed by atoms with Crippen LogP contribution in [0.1, 0.15) is 33.4 Å². The summed E-state index contributed by atoms with van der Waals surface area (Å²) in [7, 11) is 0. The number of hydrogen-bond acceptors (Lipinski definition) is 2. The van der Waals surface area contributed by atoms with Gasteiger partial charge in [0.05, 0.1) is 23.3 Å². The predicted octanol–water partition coefficient (Wildman–Crippen LogP) is 22.7. The van der Waals surface area contributed by atoms with Crippen molar-refractivity contribution in [3.63, 3.8) is 0 Å². The van der Waals surface area contributed by atoms with Crippen molar-refractivity contribution in [2.75, 3.05) is 0 Å². The third kappa shape index (κ3) is 11.2. The molecule has 0 atom stereocenters. The fourth-order valence-electron chi connectivity index (χ4n) is 12.5. The largest absolute Gasteiger partial charge is 0.192 e. The molecule has 0 heterocycles. The summed E-state index contributed by atoms with van der Waals surface area (Å²) in [4.78, 5) is 0. The fourth-order valence-corrected chi connectivity index (χ4v) is 12.5. The second kappa shape index (κ2) is 23.6. The Morgan fingerprint density at radius 1 is 0.174 bits per heavy atom. The fraction of sp³-hybridized carbons (Fsp3) is 0.0476. The van der Waals surface area contributed by atoms with Crippen molar-refractivity contribution >= 4 is 0 Å². The molecule has 0 spiro atoms. The lowest BCUT2D eigenvalue weighted by Gasteiger charge is -2.17. The summed E-state index contributed by atoms with van der Waals surface area (Å²) in [6.45, 7) is 8.75. The molecule has 0 bridgehead atoms. The Labute approximate surface area is 505 Å². The second-order valence-electron chi connectivity index (χ2n) is 22.6. The Bertz CT molecular complexity index is 4330. The quantitative estimate of drug-likeness (QED) is 0.122. The molecule has 2 nitrogen and oxygen atoms in total. The zero-order valence-electron chi connectivity index (χ0n) is 48.6. The van der Waals surface area contributed by atoms with E-state index in [2.05, 4.69) is 282 Å². The topological polar surface area (TPSA) is 47.6 Å². The first kappa shape index (κ1) is 54.1. The third-order valence-electron chi connectivity index (χ3n) is 16.7. The van der Waals surface area contributed by atoms with Gasteiger partial charge in [-0.3, -0.25) is 0 Å². The smallest absolute Gasteiger partial charge is 0.0992 e. The maximum Gasteiger partial charge on any atom is 0.0992 e. The van der Waals surface area contributed by atoms with Crippen molar-refractivity contribution in [1.29, 1.82) is 10.5 Å². The minimum Gasteiger partial charge on any atom is -0.192 e. The molecule has 406 valence electrons. The van der Waals surface area contributed by atoms with Crippen molar-refractivity contribution in [1.82, 2.24) is 0 Å². The van der Waals surface area contributed by atoms with Crippen molar-refractivity contribution in [2.24, 2.45) is 0 Å². The predicted molar refractivity (Wildman–Crippen MR) is 360 cm³/mol. The summed E-state index contributed by atoms with van der Waals surface area (Å²) in [6, 6.07) is 109. The molecule has 0 N–H and O–H groups in total. The highest BCUT2D eigenvalue weighted by atomic mass is 14.3. The highest BCUT2D eigenvalue weighted by Gasteiger charge is 2.18. The number of rotatable bonds is 12. The zero-order valence-corrected chi connectivity index (χ0v) is 48.6. The zero-order chi connectivity index (χ0) is 58.7. The van der Waals surface area contributed by atoms with E-state index < -0.39 is 0 Å². The molecule has 0 saturated heterocycles. The van der Waals surface area contributed by atoms with Crippen LogP contribution in [0, 0.1) is 50.4 Å². The average molecular weight is 1100 g/mol. The van der Waals surface area contributed by atoms with Gasteiger partial charge in [0.2, 0.25) is 0 Å². The molecule has 2 heteroatoms. The molecular formula is C84H60N2. The maximum absolute atomic E-state index is 10.8. The lowest BCUT2D eigenvalue weighted by Crippen LogP contribution is -1.93. The van der Waals surface area contributed by atoms with Crippen LogP contribution in [-0.2, 0) is 0 Å². The number of nitriles is 2. The van der Waals surface area contributed by atoms with Gasteiger partial charge in [-0.1, -0.05) is 176 Å². The molecule has 0 amide bonds. The van der Waals surface area contributed by atoms with Crippen LogP contribution in [-0.4, -0.2) is 0 Å². The first-order valence-corrected chi connectivity index (χ1v) is 29.3. The van der Waals surface area contributed by atoms with Gasteiger partial charge in [-0.2, -0.15) is 10.5 Å². The van der Waals surface area contributed by atoms with E-state index in [0.717, 1.165) is 122 Å². The summed E-state index contributed by atoms with van der Waals surface area (Å²) in [6.07, 6.45) is 0. The Kier molecular flexibility index (Phi) is 14.8. The molecule has 13 aromatic carbocycles. The van der Waals surface area contributed by atoms with E-state index in [1.807, 2.05) is 48.5 Å². The minimum absolute atomic E-state index is 0.592. The molecule has 13 rings (SSSR count). The highest BCUT2D eigenvalue weighted by Crippen LogP contribution is 2.43. The summed E-state index contributed by atoms with van der Waals surface area (Å²) in [5, 5.41) is 21.5. The van der Waals surface area contributed by atoms with Crippen LogP contribution in [0.5, 0.6) is 0 Å². The first-order valence-electron chi connectivity index (χ1n) is 29.3. The van der Waals surface area contributed by atoms with Gasteiger partial charge >= 0.3 is 0 Å². The van der Waals surface area contributed by atoms with E-state index in [9.17, 15) is 10.5 Å². The van der Waals surface area contributed by atoms with Crippen molar-refractivity contribution in [2.45, 2.75) is 27.7 Å². The van der Waals surface area contributed by atoms with Gasteiger partial charge in [0, 0.05) is 0 Å². The van der Waals surface area contributed by atoms with Crippen LogP contribution < -0.4 is 0 Å². The number of nitrogens with zero attached hydrogens (tertiary/aromatic N) is 2. The summed E-state index contributed by atoms with van der Waals surface area (Å²) < 4.78 is 0. The lowest BCUT2D eigenvalue weighted by atomic mass is 9.86. The molecule has 86 heavy (non-hydrogen) atoms. The van der Waals surface area contributed by atoms with Crippen molar-refractivity contribution in [3.05, 3.63) is 325 Å². The van der Waals surface area contributed by atoms with Crippen LogP contribution in [0.2, 0.25) is 0 Å². The molecule has 0 saturated carbocycles. The number of benzene rings is 13. The molecule has 0 aromatic heterocycles. The molecule has 0 aliphatic carbocycles. The Morgan fingerprint density at radius 3 is 0.593 bits per heavy atom. The Balaban J connectivity index is 0.964. The van der Waals surface area contributed by atoms with Crippen molar-refractivity contribution in [3.8, 4) is 146 Å². The van der Waals surface area contributed by atoms with Gasteiger partial charge < -0.3 is 0 Å². The monoisotopic (exact) mass is 1100 g/mol. The van der Waals surface area contributed by atoms with Crippen LogP contribution in [0.25, 0.3) is 134 Å². The molecule has 0 radical (unpaired) electrons. The molecule has 0 unspecified atom stereocenters. The van der Waals surface area contributed by atoms with Crippen LogP contribution in [0.15, 0.2) is 291 Å². The van der Waals surface area contributed by atoms with Crippen LogP contribution in [0.4, 0.5) is 0 Å². The summed E-state index contributed by atoms with van der Waals surface area (Å²) in [5.74, 6) is 0. The molecule has 0 aliphatic rings. The standard InChI is InChI=1S/C84H60N2/c1-55-20-17-21-56(2)83(55)81-49-75(47-79(51-81)69-36-59(53-85)34-67(39-69)77-43-71(61-24-9-5-10-25-61)41-72(44-77)62-26-11-6-12-27-62)65-32-19-33-66(38-65)76-48-80(52-82(50-76)84-57(3)22-18-23-58(84)4)70-37-60(54-86)35-68(40-70)78-45-73(63-28-13-7-14-29-63)42-74(46-78)64-30-15-8-16-31-64/h5-52H,1-4H3. The molecule has 0 aliphatic heterocycles. The van der Waals surface area contributed by atoms with E-state index >= 15 is 0 Å². The maximum atomic E-state index is 10.8. The SMILES string of the molecule is Cc1cccc(C)c1-c1cc(-c2cccc(-c3cc(-c4cc(C#N)cc(-c5cc(-c6ccccc6)cc(-c6ccccc6)c5)c4)cc(-c4c(C)cccc4C)c3)c2)cc(-c2cc(C#N)cc(-c3cc(-c4ccccc4)cc(-c4ccccc4)c3)c2)c1. The molecule has 13 aromatic rings. The van der Waals surface area contributed by atoms with E-state index in [0.29, 0.717) is 11.1 Å². The van der Waals surface area contributed by atoms with Gasteiger partial charge in [-0.15, -0.1) is 0 Å². The number of hydrogen-bond donors (Lipinski definition) is 0. The van der Waals surface area contributed by atoms with Crippen molar-refractivity contribution < 1.29 is 0 Å². The third-order valence-corrected chi connectivity index (χ3v) is 16.7.